The Hall–Kier alpha value is -2.40. The average Bonchev–Trinajstić information content (AvgIpc) is 2.65. The first-order chi connectivity index (χ1) is 12.0. The molecule has 6 heteroatoms. The Balaban J connectivity index is 2.29. The Morgan fingerprint density at radius 3 is 2.20 bits per heavy atom. The molecule has 0 unspecified atom stereocenters. The number of carbonyl (C=O) groups is 1. The van der Waals surface area contributed by atoms with Crippen molar-refractivity contribution >= 4 is 17.5 Å². The summed E-state index contributed by atoms with van der Waals surface area (Å²) in [5, 5.41) is 0.602. The number of halogens is 1. The largest absolute Gasteiger partial charge is 0.496 e. The molecule has 0 fully saturated rings. The smallest absolute Gasteiger partial charge is 0.254 e. The zero-order valence-electron chi connectivity index (χ0n) is 14.8. The zero-order chi connectivity index (χ0) is 18.4. The van der Waals surface area contributed by atoms with Crippen LogP contribution in [0, 0.1) is 0 Å². The maximum absolute atomic E-state index is 12.9. The summed E-state index contributed by atoms with van der Waals surface area (Å²) in [7, 11) is 4.70. The van der Waals surface area contributed by atoms with E-state index in [-0.39, 0.29) is 5.91 Å². The Labute approximate surface area is 153 Å². The first-order valence-electron chi connectivity index (χ1n) is 7.87. The molecule has 0 N–H and O–H groups in total. The van der Waals surface area contributed by atoms with E-state index in [2.05, 4.69) is 0 Å². The monoisotopic (exact) mass is 363 g/mol. The van der Waals surface area contributed by atoms with E-state index in [1.807, 2.05) is 13.0 Å². The van der Waals surface area contributed by atoms with Gasteiger partial charge in [0.1, 0.15) is 5.75 Å². The van der Waals surface area contributed by atoms with Gasteiger partial charge in [-0.25, -0.2) is 0 Å². The molecule has 0 radical (unpaired) electrons. The number of ether oxygens (including phenoxy) is 3. The lowest BCUT2D eigenvalue weighted by Crippen LogP contribution is -2.30. The van der Waals surface area contributed by atoms with Crippen molar-refractivity contribution in [3.8, 4) is 17.2 Å². The highest BCUT2D eigenvalue weighted by atomic mass is 35.5. The number of methoxy groups -OCH3 is 3. The molecule has 0 saturated heterocycles. The van der Waals surface area contributed by atoms with E-state index >= 15 is 0 Å². The molecule has 5 nitrogen and oxygen atoms in total. The van der Waals surface area contributed by atoms with Crippen LogP contribution in [0.3, 0.4) is 0 Å². The van der Waals surface area contributed by atoms with Gasteiger partial charge in [0.15, 0.2) is 11.5 Å². The zero-order valence-corrected chi connectivity index (χ0v) is 15.6. The van der Waals surface area contributed by atoms with Gasteiger partial charge < -0.3 is 19.1 Å². The van der Waals surface area contributed by atoms with Crippen molar-refractivity contribution in [3.05, 3.63) is 52.5 Å². The van der Waals surface area contributed by atoms with Crippen molar-refractivity contribution in [2.45, 2.75) is 13.5 Å². The predicted molar refractivity (Wildman–Crippen MR) is 98.0 cm³/mol. The van der Waals surface area contributed by atoms with Crippen LogP contribution in [-0.2, 0) is 6.54 Å². The molecule has 0 heterocycles. The van der Waals surface area contributed by atoms with E-state index in [1.165, 1.54) is 0 Å². The van der Waals surface area contributed by atoms with Gasteiger partial charge >= 0.3 is 0 Å². The molecule has 0 spiro atoms. The maximum atomic E-state index is 12.9. The second kappa shape index (κ2) is 8.62. The van der Waals surface area contributed by atoms with Crippen molar-refractivity contribution in [3.63, 3.8) is 0 Å². The number of benzene rings is 2. The molecule has 2 aromatic carbocycles. The van der Waals surface area contributed by atoms with Crippen LogP contribution in [0.2, 0.25) is 5.02 Å². The third kappa shape index (κ3) is 4.37. The molecule has 0 aliphatic carbocycles. The van der Waals surface area contributed by atoms with Crippen LogP contribution in [0.25, 0.3) is 0 Å². The van der Waals surface area contributed by atoms with Gasteiger partial charge in [-0.15, -0.1) is 0 Å². The highest BCUT2D eigenvalue weighted by Gasteiger charge is 2.18. The molecule has 0 aromatic heterocycles. The van der Waals surface area contributed by atoms with E-state index in [0.717, 1.165) is 5.56 Å². The van der Waals surface area contributed by atoms with Gasteiger partial charge in [0.05, 0.1) is 21.3 Å². The lowest BCUT2D eigenvalue weighted by molar-refractivity contribution is 0.0751. The summed E-state index contributed by atoms with van der Waals surface area (Å²) < 4.78 is 15.9. The number of hydrogen-bond donors (Lipinski definition) is 0. The molecule has 0 aliphatic rings. The SMILES string of the molecule is CCN(Cc1cc(Cl)ccc1OC)C(=O)c1ccc(OC)c(OC)c1. The van der Waals surface area contributed by atoms with Gasteiger partial charge in [0, 0.05) is 29.2 Å². The van der Waals surface area contributed by atoms with Crippen LogP contribution < -0.4 is 14.2 Å². The number of hydrogen-bond acceptors (Lipinski definition) is 4. The van der Waals surface area contributed by atoms with Crippen molar-refractivity contribution in [2.24, 2.45) is 0 Å². The topological polar surface area (TPSA) is 48.0 Å². The second-order valence-electron chi connectivity index (χ2n) is 5.35. The molecule has 0 bridgehead atoms. The minimum Gasteiger partial charge on any atom is -0.496 e. The van der Waals surface area contributed by atoms with Crippen LogP contribution in [0.4, 0.5) is 0 Å². The lowest BCUT2D eigenvalue weighted by atomic mass is 10.1. The van der Waals surface area contributed by atoms with Gasteiger partial charge in [-0.3, -0.25) is 4.79 Å². The first kappa shape index (κ1) is 18.9. The number of rotatable bonds is 7. The minimum atomic E-state index is -0.106. The first-order valence-corrected chi connectivity index (χ1v) is 8.25. The van der Waals surface area contributed by atoms with E-state index in [0.29, 0.717) is 40.9 Å². The summed E-state index contributed by atoms with van der Waals surface area (Å²) in [6.07, 6.45) is 0. The predicted octanol–water partition coefficient (Wildman–Crippen LogP) is 4.03. The van der Waals surface area contributed by atoms with Gasteiger partial charge in [0.25, 0.3) is 5.91 Å². The van der Waals surface area contributed by atoms with Crippen molar-refractivity contribution in [1.82, 2.24) is 4.90 Å². The lowest BCUT2D eigenvalue weighted by Gasteiger charge is -2.23. The molecule has 0 aliphatic heterocycles. The third-order valence-corrected chi connectivity index (χ3v) is 4.14. The molecule has 1 amide bonds. The molecular weight excluding hydrogens is 342 g/mol. The second-order valence-corrected chi connectivity index (χ2v) is 5.78. The summed E-state index contributed by atoms with van der Waals surface area (Å²) >= 11 is 6.08. The average molecular weight is 364 g/mol. The molecule has 0 atom stereocenters. The molecule has 2 rings (SSSR count). The Morgan fingerprint density at radius 1 is 0.960 bits per heavy atom. The molecule has 134 valence electrons. The summed E-state index contributed by atoms with van der Waals surface area (Å²) in [5.41, 5.74) is 1.38. The normalized spacial score (nSPS) is 10.3. The molecular formula is C19H22ClNO4. The van der Waals surface area contributed by atoms with Gasteiger partial charge in [-0.1, -0.05) is 11.6 Å². The number of nitrogens with zero attached hydrogens (tertiary/aromatic N) is 1. The fraction of sp³-hybridized carbons (Fsp3) is 0.316. The van der Waals surface area contributed by atoms with Gasteiger partial charge in [-0.2, -0.15) is 0 Å². The third-order valence-electron chi connectivity index (χ3n) is 3.90. The summed E-state index contributed by atoms with van der Waals surface area (Å²) in [6.45, 7) is 2.87. The quantitative estimate of drug-likeness (QED) is 0.745. The number of amides is 1. The highest BCUT2D eigenvalue weighted by Crippen LogP contribution is 2.29. The highest BCUT2D eigenvalue weighted by molar-refractivity contribution is 6.30. The fourth-order valence-corrected chi connectivity index (χ4v) is 2.75. The van der Waals surface area contributed by atoms with Gasteiger partial charge in [0.2, 0.25) is 0 Å². The molecule has 2 aromatic rings. The van der Waals surface area contributed by atoms with Gasteiger partial charge in [-0.05, 0) is 43.3 Å². The summed E-state index contributed by atoms with van der Waals surface area (Å²) in [4.78, 5) is 14.6. The summed E-state index contributed by atoms with van der Waals surface area (Å²) in [5.74, 6) is 1.69. The van der Waals surface area contributed by atoms with Crippen molar-refractivity contribution < 1.29 is 19.0 Å². The Bertz CT molecular complexity index is 748. The molecule has 0 saturated carbocycles. The molecule has 25 heavy (non-hydrogen) atoms. The van der Waals surface area contributed by atoms with Crippen LogP contribution in [0.5, 0.6) is 17.2 Å². The van der Waals surface area contributed by atoms with Crippen LogP contribution in [-0.4, -0.2) is 38.7 Å². The summed E-state index contributed by atoms with van der Waals surface area (Å²) in [6, 6.07) is 10.5. The van der Waals surface area contributed by atoms with Crippen molar-refractivity contribution in [2.75, 3.05) is 27.9 Å². The van der Waals surface area contributed by atoms with Crippen molar-refractivity contribution in [1.29, 1.82) is 0 Å². The van der Waals surface area contributed by atoms with Crippen LogP contribution in [0.1, 0.15) is 22.8 Å². The van der Waals surface area contributed by atoms with E-state index < -0.39 is 0 Å². The van der Waals surface area contributed by atoms with E-state index in [1.54, 1.807) is 56.6 Å². The fourth-order valence-electron chi connectivity index (χ4n) is 2.56. The van der Waals surface area contributed by atoms with Crippen LogP contribution >= 0.6 is 11.6 Å². The number of carbonyl (C=O) groups excluding carboxylic acids is 1. The standard InChI is InChI=1S/C19H22ClNO4/c1-5-21(12-14-10-15(20)7-9-16(14)23-2)19(22)13-6-8-17(24-3)18(11-13)25-4/h6-11H,5,12H2,1-4H3. The van der Waals surface area contributed by atoms with Crippen LogP contribution in [0.15, 0.2) is 36.4 Å². The Morgan fingerprint density at radius 2 is 1.60 bits per heavy atom. The maximum Gasteiger partial charge on any atom is 0.254 e. The Kier molecular flexibility index (Phi) is 6.53. The van der Waals surface area contributed by atoms with E-state index in [4.69, 9.17) is 25.8 Å². The minimum absolute atomic E-state index is 0.106. The van der Waals surface area contributed by atoms with E-state index in [9.17, 15) is 4.79 Å².